The highest BCUT2D eigenvalue weighted by Crippen LogP contribution is 2.10. The maximum atomic E-state index is 11.5. The van der Waals surface area contributed by atoms with Crippen molar-refractivity contribution in [3.8, 4) is 5.75 Å². The molecule has 0 heterocycles. The van der Waals surface area contributed by atoms with Crippen LogP contribution in [0.5, 0.6) is 5.75 Å². The summed E-state index contributed by atoms with van der Waals surface area (Å²) in [6, 6.07) is 5.78. The normalized spacial score (nSPS) is 11.9. The summed E-state index contributed by atoms with van der Waals surface area (Å²) in [7, 11) is 0. The van der Waals surface area contributed by atoms with Crippen molar-refractivity contribution in [2.45, 2.75) is 19.4 Å². The summed E-state index contributed by atoms with van der Waals surface area (Å²) in [6.07, 6.45) is 0.365. The van der Waals surface area contributed by atoms with Gasteiger partial charge in [0, 0.05) is 0 Å². The molecule has 1 aromatic rings. The van der Waals surface area contributed by atoms with Gasteiger partial charge >= 0.3 is 0 Å². The van der Waals surface area contributed by atoms with Crippen LogP contribution in [0, 0.1) is 0 Å². The molecule has 0 bridgehead atoms. The minimum Gasteiger partial charge on any atom is -0.508 e. The third-order valence-corrected chi connectivity index (χ3v) is 2.24. The molecule has 92 valence electrons. The van der Waals surface area contributed by atoms with Crippen molar-refractivity contribution in [1.29, 1.82) is 0 Å². The summed E-state index contributed by atoms with van der Waals surface area (Å²) in [6.45, 7) is 1.40. The van der Waals surface area contributed by atoms with Crippen molar-refractivity contribution in [2.75, 3.05) is 6.54 Å². The molecule has 0 aliphatic heterocycles. The van der Waals surface area contributed by atoms with Crippen LogP contribution in [0.15, 0.2) is 24.3 Å². The van der Waals surface area contributed by atoms with Crippen LogP contribution in [0.4, 0.5) is 0 Å². The van der Waals surface area contributed by atoms with E-state index in [1.54, 1.807) is 12.1 Å². The van der Waals surface area contributed by atoms with E-state index in [1.165, 1.54) is 19.1 Å². The van der Waals surface area contributed by atoms with Gasteiger partial charge in [-0.3, -0.25) is 9.59 Å². The zero-order valence-corrected chi connectivity index (χ0v) is 9.64. The Kier molecular flexibility index (Phi) is 4.66. The van der Waals surface area contributed by atoms with Crippen LogP contribution >= 0.6 is 0 Å². The Labute approximate surface area is 99.6 Å². The second-order valence-electron chi connectivity index (χ2n) is 3.90. The first-order valence-corrected chi connectivity index (χ1v) is 5.29. The first-order chi connectivity index (χ1) is 7.99. The lowest BCUT2D eigenvalue weighted by atomic mass is 10.1. The second-order valence-corrected chi connectivity index (χ2v) is 3.90. The van der Waals surface area contributed by atoms with Crippen LogP contribution in [-0.2, 0) is 16.0 Å². The smallest absolute Gasteiger partial charge is 0.237 e. The van der Waals surface area contributed by atoms with Crippen LogP contribution in [0.2, 0.25) is 0 Å². The Morgan fingerprint density at radius 2 is 1.94 bits per heavy atom. The number of hydrogen-bond donors (Lipinski definition) is 3. The maximum Gasteiger partial charge on any atom is 0.237 e. The summed E-state index contributed by atoms with van der Waals surface area (Å²) in [5, 5.41) is 11.5. The highest BCUT2D eigenvalue weighted by atomic mass is 16.3. The number of carbonyl (C=O) groups is 2. The number of carbonyl (C=O) groups excluding carboxylic acids is 2. The molecular weight excluding hydrogens is 220 g/mol. The summed E-state index contributed by atoms with van der Waals surface area (Å²) in [4.78, 5) is 22.2. The molecule has 0 saturated carbocycles. The van der Waals surface area contributed by atoms with E-state index >= 15 is 0 Å². The molecule has 5 heteroatoms. The minimum absolute atomic E-state index is 0.00209. The molecule has 0 radical (unpaired) electrons. The number of aromatic hydroxyl groups is 1. The van der Waals surface area contributed by atoms with Gasteiger partial charge in [0.1, 0.15) is 11.5 Å². The minimum atomic E-state index is -0.695. The van der Waals surface area contributed by atoms with E-state index in [0.29, 0.717) is 6.42 Å². The molecule has 0 aliphatic rings. The number of Topliss-reactive ketones (excluding diaryl/α,β-unsaturated/α-hetero) is 1. The fraction of sp³-hybridized carbons (Fsp3) is 0.333. The lowest BCUT2D eigenvalue weighted by Crippen LogP contribution is -2.43. The Bertz CT molecular complexity index is 401. The molecule has 0 aromatic heterocycles. The zero-order chi connectivity index (χ0) is 12.8. The van der Waals surface area contributed by atoms with Crippen molar-refractivity contribution < 1.29 is 14.7 Å². The van der Waals surface area contributed by atoms with Gasteiger partial charge in [-0.2, -0.15) is 0 Å². The third kappa shape index (κ3) is 4.65. The van der Waals surface area contributed by atoms with Gasteiger partial charge in [0.15, 0.2) is 0 Å². The molecule has 1 amide bonds. The molecular formula is C12H16N2O3. The Balaban J connectivity index is 2.48. The number of nitrogens with one attached hydrogen (secondary N) is 1. The fourth-order valence-corrected chi connectivity index (χ4v) is 1.32. The van der Waals surface area contributed by atoms with E-state index in [1.807, 2.05) is 0 Å². The molecule has 4 N–H and O–H groups in total. The van der Waals surface area contributed by atoms with Gasteiger partial charge < -0.3 is 16.2 Å². The van der Waals surface area contributed by atoms with E-state index < -0.39 is 6.04 Å². The topological polar surface area (TPSA) is 92.4 Å². The van der Waals surface area contributed by atoms with Crippen molar-refractivity contribution in [3.63, 3.8) is 0 Å². The highest BCUT2D eigenvalue weighted by molar-refractivity contribution is 5.87. The van der Waals surface area contributed by atoms with Gasteiger partial charge in [-0.1, -0.05) is 12.1 Å². The van der Waals surface area contributed by atoms with Gasteiger partial charge in [0.05, 0.1) is 12.6 Å². The summed E-state index contributed by atoms with van der Waals surface area (Å²) >= 11 is 0. The molecule has 0 spiro atoms. The van der Waals surface area contributed by atoms with Crippen LogP contribution in [0.3, 0.4) is 0 Å². The van der Waals surface area contributed by atoms with Crippen LogP contribution in [-0.4, -0.2) is 29.4 Å². The molecule has 0 fully saturated rings. The molecule has 5 nitrogen and oxygen atoms in total. The average molecular weight is 236 g/mol. The number of phenols is 1. The Hall–Kier alpha value is -1.88. The van der Waals surface area contributed by atoms with Gasteiger partial charge in [-0.25, -0.2) is 0 Å². The Morgan fingerprint density at radius 1 is 1.35 bits per heavy atom. The standard InChI is InChI=1S/C12H16N2O3/c1-8(15)7-14-12(17)11(13)6-9-2-4-10(16)5-3-9/h2-5,11,16H,6-7,13H2,1H3,(H,14,17). The summed E-state index contributed by atoms with van der Waals surface area (Å²) in [5.41, 5.74) is 6.54. The van der Waals surface area contributed by atoms with E-state index in [2.05, 4.69) is 5.32 Å². The van der Waals surface area contributed by atoms with Crippen molar-refractivity contribution in [1.82, 2.24) is 5.32 Å². The SMILES string of the molecule is CC(=O)CNC(=O)C(N)Cc1ccc(O)cc1. The van der Waals surface area contributed by atoms with Gasteiger partial charge in [0.2, 0.25) is 5.91 Å². The lowest BCUT2D eigenvalue weighted by molar-refractivity contribution is -0.125. The zero-order valence-electron chi connectivity index (χ0n) is 9.64. The van der Waals surface area contributed by atoms with E-state index in [4.69, 9.17) is 10.8 Å². The van der Waals surface area contributed by atoms with E-state index in [9.17, 15) is 9.59 Å². The predicted molar refractivity (Wildman–Crippen MR) is 63.5 cm³/mol. The quantitative estimate of drug-likeness (QED) is 0.669. The molecule has 17 heavy (non-hydrogen) atoms. The molecule has 0 saturated heterocycles. The van der Waals surface area contributed by atoms with Crippen molar-refractivity contribution >= 4 is 11.7 Å². The van der Waals surface area contributed by atoms with Crippen LogP contribution in [0.25, 0.3) is 0 Å². The highest BCUT2D eigenvalue weighted by Gasteiger charge is 2.13. The molecule has 1 aromatic carbocycles. The number of phenolic OH excluding ortho intramolecular Hbond substituents is 1. The first kappa shape index (κ1) is 13.2. The summed E-state index contributed by atoms with van der Waals surface area (Å²) < 4.78 is 0. The van der Waals surface area contributed by atoms with Gasteiger partial charge in [-0.15, -0.1) is 0 Å². The third-order valence-electron chi connectivity index (χ3n) is 2.24. The van der Waals surface area contributed by atoms with Gasteiger partial charge in [0.25, 0.3) is 0 Å². The molecule has 1 atom stereocenters. The molecule has 1 unspecified atom stereocenters. The van der Waals surface area contributed by atoms with Crippen molar-refractivity contribution in [3.05, 3.63) is 29.8 Å². The fourth-order valence-electron chi connectivity index (χ4n) is 1.32. The van der Waals surface area contributed by atoms with E-state index in [-0.39, 0.29) is 24.0 Å². The monoisotopic (exact) mass is 236 g/mol. The lowest BCUT2D eigenvalue weighted by Gasteiger charge is -2.11. The number of rotatable bonds is 5. The maximum absolute atomic E-state index is 11.5. The number of nitrogens with two attached hydrogens (primary N) is 1. The van der Waals surface area contributed by atoms with Crippen LogP contribution < -0.4 is 11.1 Å². The molecule has 1 rings (SSSR count). The summed E-state index contributed by atoms with van der Waals surface area (Å²) in [5.74, 6) is -0.299. The average Bonchev–Trinajstić information content (AvgIpc) is 2.28. The predicted octanol–water partition coefficient (Wildman–Crippen LogP) is -0.0328. The molecule has 0 aliphatic carbocycles. The number of amides is 1. The number of benzene rings is 1. The van der Waals surface area contributed by atoms with Crippen LogP contribution in [0.1, 0.15) is 12.5 Å². The number of ketones is 1. The first-order valence-electron chi connectivity index (χ1n) is 5.29. The van der Waals surface area contributed by atoms with Gasteiger partial charge in [-0.05, 0) is 31.0 Å². The largest absolute Gasteiger partial charge is 0.508 e. The Morgan fingerprint density at radius 3 is 2.47 bits per heavy atom. The van der Waals surface area contributed by atoms with E-state index in [0.717, 1.165) is 5.56 Å². The van der Waals surface area contributed by atoms with Crippen molar-refractivity contribution in [2.24, 2.45) is 5.73 Å². The second kappa shape index (κ2) is 6.00. The number of hydrogen-bond acceptors (Lipinski definition) is 4.